The molecule has 0 fully saturated rings. The smallest absolute Gasteiger partial charge is 0.0682 e. The monoisotopic (exact) mass is 284 g/mol. The van der Waals surface area contributed by atoms with Gasteiger partial charge in [-0.25, -0.2) is 0 Å². The summed E-state index contributed by atoms with van der Waals surface area (Å²) < 4.78 is 0. The van der Waals surface area contributed by atoms with Crippen LogP contribution in [-0.2, 0) is 0 Å². The molecule has 0 atom stereocenters. The van der Waals surface area contributed by atoms with Gasteiger partial charge in [0.2, 0.25) is 0 Å². The topological polar surface area (TPSA) is 0 Å². The van der Waals surface area contributed by atoms with Crippen LogP contribution >= 0.6 is 0 Å². The van der Waals surface area contributed by atoms with Gasteiger partial charge in [0.05, 0.1) is 24.2 Å². The van der Waals surface area contributed by atoms with Crippen molar-refractivity contribution >= 4 is 24.2 Å². The highest BCUT2D eigenvalue weighted by atomic mass is 28.3. The Kier molecular flexibility index (Phi) is 6.39. The highest BCUT2D eigenvalue weighted by molar-refractivity contribution is 6.82. The summed E-state index contributed by atoms with van der Waals surface area (Å²) in [6.07, 6.45) is 4.95. The fourth-order valence-electron chi connectivity index (χ4n) is 1.55. The van der Waals surface area contributed by atoms with Gasteiger partial charge in [-0.1, -0.05) is 75.9 Å². The average Bonchev–Trinajstić information content (AvgIpc) is 1.96. The maximum absolute atomic E-state index is 2.51. The molecule has 0 heterocycles. The second-order valence-electron chi connectivity index (χ2n) is 8.11. The first kappa shape index (κ1) is 17.1. The van der Waals surface area contributed by atoms with Gasteiger partial charge in [-0.3, -0.25) is 0 Å². The zero-order chi connectivity index (χ0) is 13.7. The van der Waals surface area contributed by atoms with E-state index in [0.29, 0.717) is 0 Å². The van der Waals surface area contributed by atoms with E-state index >= 15 is 0 Å². The summed E-state index contributed by atoms with van der Waals surface area (Å²) in [6.45, 7) is 19.5. The van der Waals surface area contributed by atoms with Crippen molar-refractivity contribution in [1.29, 1.82) is 0 Å². The van der Waals surface area contributed by atoms with Gasteiger partial charge in [0, 0.05) is 0 Å². The Bertz CT molecular complexity index is 247. The third-order valence-electron chi connectivity index (χ3n) is 2.58. The van der Waals surface area contributed by atoms with Crippen molar-refractivity contribution in [3.63, 3.8) is 0 Å². The SMILES string of the molecule is C[Si](C)(C)/C=C/C[Si](C)(C)C/C=C/[Si](C)(C)C. The van der Waals surface area contributed by atoms with Crippen LogP contribution in [0.25, 0.3) is 0 Å². The Morgan fingerprint density at radius 2 is 0.882 bits per heavy atom. The number of hydrogen-bond acceptors (Lipinski definition) is 0. The van der Waals surface area contributed by atoms with E-state index in [2.05, 4.69) is 75.9 Å². The van der Waals surface area contributed by atoms with Crippen LogP contribution < -0.4 is 0 Å². The highest BCUT2D eigenvalue weighted by Gasteiger charge is 2.18. The number of rotatable bonds is 6. The third kappa shape index (κ3) is 12.4. The van der Waals surface area contributed by atoms with Crippen LogP contribution in [0.1, 0.15) is 0 Å². The molecular formula is C14H32Si3. The molecular weight excluding hydrogens is 252 g/mol. The summed E-state index contributed by atoms with van der Waals surface area (Å²) in [5.74, 6) is 0. The van der Waals surface area contributed by atoms with E-state index in [9.17, 15) is 0 Å². The van der Waals surface area contributed by atoms with Crippen LogP contribution in [0, 0.1) is 0 Å². The zero-order valence-corrected chi connectivity index (χ0v) is 16.2. The Labute approximate surface area is 112 Å². The molecule has 0 aromatic carbocycles. The van der Waals surface area contributed by atoms with Gasteiger partial charge in [0.1, 0.15) is 0 Å². The quantitative estimate of drug-likeness (QED) is 0.560. The van der Waals surface area contributed by atoms with Gasteiger partial charge in [-0.05, 0) is 12.1 Å². The Hall–Kier alpha value is 0.131. The van der Waals surface area contributed by atoms with Crippen molar-refractivity contribution in [3.05, 3.63) is 23.6 Å². The predicted octanol–water partition coefficient (Wildman–Crippen LogP) is 5.56. The van der Waals surface area contributed by atoms with Gasteiger partial charge in [0.25, 0.3) is 0 Å². The normalized spacial score (nSPS) is 15.1. The fraction of sp³-hybridized carbons (Fsp3) is 0.714. The second-order valence-corrected chi connectivity index (χ2v) is 23.4. The molecule has 0 aliphatic carbocycles. The third-order valence-corrected chi connectivity index (χ3v) is 7.73. The molecule has 0 aliphatic rings. The van der Waals surface area contributed by atoms with Crippen LogP contribution in [0.5, 0.6) is 0 Å². The van der Waals surface area contributed by atoms with Gasteiger partial charge in [-0.15, -0.1) is 0 Å². The molecule has 0 saturated heterocycles. The molecule has 0 nitrogen and oxygen atoms in total. The van der Waals surface area contributed by atoms with E-state index in [4.69, 9.17) is 0 Å². The number of hydrogen-bond donors (Lipinski definition) is 0. The maximum atomic E-state index is 2.51. The molecule has 100 valence electrons. The van der Waals surface area contributed by atoms with Gasteiger partial charge >= 0.3 is 0 Å². The van der Waals surface area contributed by atoms with E-state index in [-0.39, 0.29) is 0 Å². The van der Waals surface area contributed by atoms with Gasteiger partial charge in [-0.2, -0.15) is 0 Å². The molecule has 3 heteroatoms. The number of allylic oxidation sites excluding steroid dienone is 2. The lowest BCUT2D eigenvalue weighted by Crippen LogP contribution is -2.24. The van der Waals surface area contributed by atoms with Crippen molar-refractivity contribution in [3.8, 4) is 0 Å². The highest BCUT2D eigenvalue weighted by Crippen LogP contribution is 2.18. The summed E-state index contributed by atoms with van der Waals surface area (Å²) in [7, 11) is -3.01. The van der Waals surface area contributed by atoms with Crippen molar-refractivity contribution < 1.29 is 0 Å². The summed E-state index contributed by atoms with van der Waals surface area (Å²) in [4.78, 5) is 0. The Morgan fingerprint density at radius 3 is 1.12 bits per heavy atom. The first-order valence-electron chi connectivity index (χ1n) is 6.77. The van der Waals surface area contributed by atoms with E-state index < -0.39 is 24.2 Å². The standard InChI is InChI=1S/C14H32Si3/c1-15(2,3)11-9-13-17(7,8)14-10-12-16(4,5)6/h9-12H,13-14H2,1-8H3/b11-9+,12-10+. The van der Waals surface area contributed by atoms with Crippen LogP contribution in [0.15, 0.2) is 23.6 Å². The largest absolute Gasteiger partial charge is 0.0992 e. The van der Waals surface area contributed by atoms with E-state index in [1.54, 1.807) is 0 Å². The minimum atomic E-state index is -1.03. The van der Waals surface area contributed by atoms with Crippen LogP contribution in [0.2, 0.25) is 64.5 Å². The maximum Gasteiger partial charge on any atom is 0.0682 e. The van der Waals surface area contributed by atoms with Crippen molar-refractivity contribution in [1.82, 2.24) is 0 Å². The predicted molar refractivity (Wildman–Crippen MR) is 92.1 cm³/mol. The van der Waals surface area contributed by atoms with Crippen LogP contribution in [0.3, 0.4) is 0 Å². The zero-order valence-electron chi connectivity index (χ0n) is 13.2. The molecule has 0 aromatic heterocycles. The summed E-state index contributed by atoms with van der Waals surface area (Å²) in [5.41, 5.74) is 5.01. The molecule has 0 N–H and O–H groups in total. The lowest BCUT2D eigenvalue weighted by molar-refractivity contribution is 1.42. The molecule has 0 aliphatic heterocycles. The molecule has 0 unspecified atom stereocenters. The molecule has 0 spiro atoms. The van der Waals surface area contributed by atoms with Crippen LogP contribution in [0.4, 0.5) is 0 Å². The summed E-state index contributed by atoms with van der Waals surface area (Å²) in [5, 5.41) is 0. The lowest BCUT2D eigenvalue weighted by atomic mass is 10.7. The van der Waals surface area contributed by atoms with Crippen LogP contribution in [-0.4, -0.2) is 24.2 Å². The molecule has 0 aromatic rings. The summed E-state index contributed by atoms with van der Waals surface area (Å²) in [6, 6.07) is 2.68. The molecule has 0 bridgehead atoms. The first-order chi connectivity index (χ1) is 7.41. The van der Waals surface area contributed by atoms with E-state index in [1.165, 1.54) is 12.1 Å². The molecule has 0 saturated carbocycles. The lowest BCUT2D eigenvalue weighted by Gasteiger charge is -2.20. The van der Waals surface area contributed by atoms with Crippen molar-refractivity contribution in [2.24, 2.45) is 0 Å². The molecule has 0 rings (SSSR count). The molecule has 17 heavy (non-hydrogen) atoms. The van der Waals surface area contributed by atoms with Gasteiger partial charge in [0.15, 0.2) is 0 Å². The first-order valence-corrected chi connectivity index (χ1v) is 17.3. The molecule has 0 amide bonds. The van der Waals surface area contributed by atoms with Crippen molar-refractivity contribution in [2.45, 2.75) is 64.5 Å². The van der Waals surface area contributed by atoms with E-state index in [0.717, 1.165) is 0 Å². The van der Waals surface area contributed by atoms with E-state index in [1.807, 2.05) is 0 Å². The van der Waals surface area contributed by atoms with Gasteiger partial charge < -0.3 is 0 Å². The minimum absolute atomic E-state index is 0.988. The second kappa shape index (κ2) is 6.34. The Balaban J connectivity index is 4.22. The minimum Gasteiger partial charge on any atom is -0.0992 e. The Morgan fingerprint density at radius 1 is 0.588 bits per heavy atom. The average molecular weight is 285 g/mol. The van der Waals surface area contributed by atoms with Crippen molar-refractivity contribution in [2.75, 3.05) is 0 Å². The fourth-order valence-corrected chi connectivity index (χ4v) is 5.35. The molecule has 0 radical (unpaired) electrons. The summed E-state index contributed by atoms with van der Waals surface area (Å²) >= 11 is 0.